The van der Waals surface area contributed by atoms with Gasteiger partial charge in [-0.3, -0.25) is 9.69 Å². The molecule has 1 saturated carbocycles. The minimum absolute atomic E-state index is 0.138. The van der Waals surface area contributed by atoms with Crippen LogP contribution in [0.1, 0.15) is 60.9 Å². The van der Waals surface area contributed by atoms with E-state index in [1.165, 1.54) is 76.1 Å². The third kappa shape index (κ3) is 4.89. The van der Waals surface area contributed by atoms with Crippen molar-refractivity contribution in [1.29, 1.82) is 0 Å². The van der Waals surface area contributed by atoms with Crippen LogP contribution in [0, 0.1) is 5.82 Å². The lowest BCUT2D eigenvalue weighted by molar-refractivity contribution is 0.0261. The second kappa shape index (κ2) is 10.5. The van der Waals surface area contributed by atoms with Gasteiger partial charge in [0.05, 0.1) is 12.7 Å². The molecule has 5 rings (SSSR count). The highest BCUT2D eigenvalue weighted by Gasteiger charge is 2.32. The Bertz CT molecular complexity index is 1190. The zero-order valence-corrected chi connectivity index (χ0v) is 21.3. The van der Waals surface area contributed by atoms with Gasteiger partial charge in [0, 0.05) is 34.8 Å². The Balaban J connectivity index is 1.36. The van der Waals surface area contributed by atoms with E-state index in [1.807, 2.05) is 24.3 Å². The van der Waals surface area contributed by atoms with E-state index in [0.29, 0.717) is 27.6 Å². The number of rotatable bonds is 7. The number of fused-ring (bicyclic) bond motifs is 1. The van der Waals surface area contributed by atoms with Crippen LogP contribution in [0.2, 0.25) is 0 Å². The van der Waals surface area contributed by atoms with Crippen LogP contribution in [0.15, 0.2) is 36.4 Å². The molecule has 0 bridgehead atoms. The van der Waals surface area contributed by atoms with Crippen molar-refractivity contribution in [2.45, 2.75) is 57.1 Å². The van der Waals surface area contributed by atoms with Gasteiger partial charge >= 0.3 is 0 Å². The number of hydrogen-bond donors (Lipinski definition) is 1. The fraction of sp³-hybridized carbons (Fsp3) is 0.464. The number of benzene rings is 2. The number of nitrogens with one attached hydrogen (secondary N) is 1. The van der Waals surface area contributed by atoms with Crippen LogP contribution in [0.3, 0.4) is 0 Å². The first-order valence-electron chi connectivity index (χ1n) is 12.6. The number of nitrogens with zero attached hydrogens (tertiary/aromatic N) is 1. The summed E-state index contributed by atoms with van der Waals surface area (Å²) in [5.74, 6) is 0.359. The van der Waals surface area contributed by atoms with Gasteiger partial charge in [0.15, 0.2) is 17.3 Å². The van der Waals surface area contributed by atoms with Gasteiger partial charge in [0.1, 0.15) is 16.9 Å². The van der Waals surface area contributed by atoms with Gasteiger partial charge in [-0.1, -0.05) is 12.8 Å². The molecule has 2 aliphatic rings. The highest BCUT2D eigenvalue weighted by molar-refractivity contribution is 7.23. The van der Waals surface area contributed by atoms with Crippen molar-refractivity contribution in [3.8, 4) is 11.5 Å². The average Bonchev–Trinajstić information content (AvgIpc) is 3.26. The SMILES string of the molecule is CNc1sc2cc(OC)c(F)cc2c1C(=O)c1ccc(OC2CCCCC2N2CCCCC2)cc1. The summed E-state index contributed by atoms with van der Waals surface area (Å²) in [6.07, 6.45) is 8.82. The van der Waals surface area contributed by atoms with E-state index in [4.69, 9.17) is 9.47 Å². The molecule has 1 N–H and O–H groups in total. The van der Waals surface area contributed by atoms with Gasteiger partial charge in [0.2, 0.25) is 0 Å². The number of halogens is 1. The largest absolute Gasteiger partial charge is 0.494 e. The van der Waals surface area contributed by atoms with Crippen LogP contribution in [-0.2, 0) is 0 Å². The number of piperidine rings is 1. The summed E-state index contributed by atoms with van der Waals surface area (Å²) in [6.45, 7) is 2.35. The molecule has 1 aliphatic heterocycles. The standard InChI is InChI=1S/C28H33FN2O3S/c1-30-28-26(20-16-21(29)24(33-2)17-25(20)35-28)27(32)18-10-12-19(13-11-18)34-23-9-5-4-8-22(23)31-14-6-3-7-15-31/h10-13,16-17,22-23,30H,3-9,14-15H2,1-2H3. The first-order chi connectivity index (χ1) is 17.1. The number of hydrogen-bond acceptors (Lipinski definition) is 6. The van der Waals surface area contributed by atoms with E-state index < -0.39 is 5.82 Å². The number of anilines is 1. The summed E-state index contributed by atoms with van der Waals surface area (Å²) in [5.41, 5.74) is 1.04. The lowest BCUT2D eigenvalue weighted by Gasteiger charge is -2.41. The molecule has 2 fully saturated rings. The molecule has 3 aromatic rings. The fourth-order valence-electron chi connectivity index (χ4n) is 5.54. The second-order valence-corrected chi connectivity index (χ2v) is 10.5. The van der Waals surface area contributed by atoms with E-state index in [0.717, 1.165) is 16.9 Å². The summed E-state index contributed by atoms with van der Waals surface area (Å²) in [7, 11) is 3.21. The molecule has 35 heavy (non-hydrogen) atoms. The summed E-state index contributed by atoms with van der Waals surface area (Å²) in [4.78, 5) is 16.1. The van der Waals surface area contributed by atoms with E-state index in [2.05, 4.69) is 10.2 Å². The highest BCUT2D eigenvalue weighted by Crippen LogP contribution is 2.40. The summed E-state index contributed by atoms with van der Waals surface area (Å²) < 4.78 is 26.8. The summed E-state index contributed by atoms with van der Waals surface area (Å²) >= 11 is 1.42. The molecule has 2 heterocycles. The van der Waals surface area contributed by atoms with Crippen molar-refractivity contribution in [2.24, 2.45) is 0 Å². The first-order valence-corrected chi connectivity index (χ1v) is 13.4. The molecule has 0 spiro atoms. The Morgan fingerprint density at radius 1 is 1.06 bits per heavy atom. The van der Waals surface area contributed by atoms with Crippen molar-refractivity contribution in [1.82, 2.24) is 4.90 Å². The molecule has 2 unspecified atom stereocenters. The quantitative estimate of drug-likeness (QED) is 0.379. The summed E-state index contributed by atoms with van der Waals surface area (Å²) in [6, 6.07) is 10.9. The van der Waals surface area contributed by atoms with Gasteiger partial charge in [-0.2, -0.15) is 0 Å². The molecule has 5 nitrogen and oxygen atoms in total. The number of carbonyl (C=O) groups excluding carboxylic acids is 1. The van der Waals surface area contributed by atoms with Crippen LogP contribution in [0.4, 0.5) is 9.39 Å². The Morgan fingerprint density at radius 2 is 1.80 bits per heavy atom. The van der Waals surface area contributed by atoms with Gasteiger partial charge in [-0.25, -0.2) is 4.39 Å². The summed E-state index contributed by atoms with van der Waals surface area (Å²) in [5, 5.41) is 4.40. The lowest BCUT2D eigenvalue weighted by atomic mass is 9.90. The molecule has 1 saturated heterocycles. The molecule has 7 heteroatoms. The van der Waals surface area contributed by atoms with Crippen LogP contribution in [-0.4, -0.2) is 50.1 Å². The molecular formula is C28H33FN2O3S. The average molecular weight is 497 g/mol. The van der Waals surface area contributed by atoms with Crippen molar-refractivity contribution in [3.05, 3.63) is 53.3 Å². The number of ketones is 1. The predicted octanol–water partition coefficient (Wildman–Crippen LogP) is 6.50. The first kappa shape index (κ1) is 24.1. The fourth-order valence-corrected chi connectivity index (χ4v) is 6.61. The molecule has 1 aromatic heterocycles. The Hall–Kier alpha value is -2.64. The smallest absolute Gasteiger partial charge is 0.196 e. The second-order valence-electron chi connectivity index (χ2n) is 9.50. The Morgan fingerprint density at radius 3 is 2.51 bits per heavy atom. The molecule has 0 amide bonds. The number of thiophene rings is 1. The number of likely N-dealkylation sites (tertiary alicyclic amines) is 1. The maximum absolute atomic E-state index is 14.4. The van der Waals surface area contributed by atoms with Crippen LogP contribution < -0.4 is 14.8 Å². The third-order valence-corrected chi connectivity index (χ3v) is 8.52. The number of ether oxygens (including phenoxy) is 2. The normalized spacial score (nSPS) is 21.1. The van der Waals surface area contributed by atoms with Gasteiger partial charge in [-0.05, 0) is 75.5 Å². The maximum atomic E-state index is 14.4. The van der Waals surface area contributed by atoms with Crippen molar-refractivity contribution >= 4 is 32.2 Å². The van der Waals surface area contributed by atoms with Crippen LogP contribution in [0.5, 0.6) is 11.5 Å². The highest BCUT2D eigenvalue weighted by atomic mass is 32.1. The van der Waals surface area contributed by atoms with Crippen molar-refractivity contribution in [2.75, 3.05) is 32.6 Å². The van der Waals surface area contributed by atoms with E-state index >= 15 is 0 Å². The lowest BCUT2D eigenvalue weighted by Crippen LogP contribution is -2.49. The van der Waals surface area contributed by atoms with E-state index in [-0.39, 0.29) is 17.6 Å². The van der Waals surface area contributed by atoms with E-state index in [9.17, 15) is 9.18 Å². The van der Waals surface area contributed by atoms with Crippen molar-refractivity contribution in [3.63, 3.8) is 0 Å². The minimum Gasteiger partial charge on any atom is -0.494 e. The monoisotopic (exact) mass is 496 g/mol. The third-order valence-electron chi connectivity index (χ3n) is 7.35. The molecular weight excluding hydrogens is 463 g/mol. The Kier molecular flexibility index (Phi) is 7.25. The molecule has 1 aliphatic carbocycles. The minimum atomic E-state index is -0.478. The maximum Gasteiger partial charge on any atom is 0.196 e. The molecule has 2 atom stereocenters. The Labute approximate surface area is 210 Å². The number of methoxy groups -OCH3 is 1. The predicted molar refractivity (Wildman–Crippen MR) is 140 cm³/mol. The van der Waals surface area contributed by atoms with Gasteiger partial charge in [-0.15, -0.1) is 11.3 Å². The van der Waals surface area contributed by atoms with E-state index in [1.54, 1.807) is 13.1 Å². The number of carbonyl (C=O) groups is 1. The van der Waals surface area contributed by atoms with Crippen molar-refractivity contribution < 1.29 is 18.7 Å². The zero-order valence-electron chi connectivity index (χ0n) is 20.4. The van der Waals surface area contributed by atoms with Crippen LogP contribution >= 0.6 is 11.3 Å². The molecule has 0 radical (unpaired) electrons. The molecule has 2 aromatic carbocycles. The zero-order chi connectivity index (χ0) is 24.4. The van der Waals surface area contributed by atoms with Crippen LogP contribution in [0.25, 0.3) is 10.1 Å². The topological polar surface area (TPSA) is 50.8 Å². The van der Waals surface area contributed by atoms with Gasteiger partial charge < -0.3 is 14.8 Å². The molecule has 186 valence electrons. The van der Waals surface area contributed by atoms with Gasteiger partial charge in [0.25, 0.3) is 0 Å².